The molecule has 0 aromatic heterocycles. The van der Waals surface area contributed by atoms with Gasteiger partial charge in [-0.05, 0) is 25.0 Å². The third-order valence-electron chi connectivity index (χ3n) is 1.92. The average Bonchev–Trinajstić information content (AvgIpc) is 2.08. The van der Waals surface area contributed by atoms with Crippen molar-refractivity contribution < 1.29 is 13.2 Å². The summed E-state index contributed by atoms with van der Waals surface area (Å²) in [6.07, 6.45) is 0. The van der Waals surface area contributed by atoms with Gasteiger partial charge in [-0.1, -0.05) is 0 Å². The van der Waals surface area contributed by atoms with Crippen molar-refractivity contribution in [3.05, 3.63) is 28.6 Å². The number of hydrogen-bond acceptors (Lipinski definition) is 1. The van der Waals surface area contributed by atoms with E-state index < -0.39 is 17.5 Å². The summed E-state index contributed by atoms with van der Waals surface area (Å²) in [6, 6.07) is 0. The van der Waals surface area contributed by atoms with E-state index in [0.717, 1.165) is 0 Å². The second-order valence-electron chi connectivity index (χ2n) is 2.61. The molecule has 0 bridgehead atoms. The van der Waals surface area contributed by atoms with Crippen molar-refractivity contribution in [3.63, 3.8) is 0 Å². The molecule has 0 saturated carbocycles. The van der Waals surface area contributed by atoms with Crippen LogP contribution in [0.4, 0.5) is 18.9 Å². The van der Waals surface area contributed by atoms with Crippen molar-refractivity contribution in [2.45, 2.75) is 13.8 Å². The van der Waals surface area contributed by atoms with Gasteiger partial charge in [0.05, 0.1) is 5.69 Å². The summed E-state index contributed by atoms with van der Waals surface area (Å²) in [5, 5.41) is 0. The highest BCUT2D eigenvalue weighted by Crippen LogP contribution is 2.25. The van der Waals surface area contributed by atoms with E-state index in [0.29, 0.717) is 0 Å². The van der Waals surface area contributed by atoms with Crippen molar-refractivity contribution >= 4 is 5.69 Å². The number of nitrogens with two attached hydrogens (primary N) is 1. The highest BCUT2D eigenvalue weighted by molar-refractivity contribution is 5.51. The normalized spacial score (nSPS) is 10.4. The maximum Gasteiger partial charge on any atom is 0.196 e. The van der Waals surface area contributed by atoms with Crippen LogP contribution < -0.4 is 5.73 Å². The van der Waals surface area contributed by atoms with Crippen LogP contribution in [0.1, 0.15) is 11.1 Å². The van der Waals surface area contributed by atoms with E-state index in [1.54, 1.807) is 0 Å². The van der Waals surface area contributed by atoms with E-state index in [9.17, 15) is 13.2 Å². The summed E-state index contributed by atoms with van der Waals surface area (Å²) >= 11 is 0. The van der Waals surface area contributed by atoms with Gasteiger partial charge in [-0.2, -0.15) is 0 Å². The fourth-order valence-electron chi connectivity index (χ4n) is 0.910. The lowest BCUT2D eigenvalue weighted by Gasteiger charge is -2.07. The first-order valence-corrected chi connectivity index (χ1v) is 3.36. The standard InChI is InChI=1S/C8H8F3N/c1-3-4(2)8(12)7(11)6(10)5(3)9/h12H2,1-2H3. The molecule has 0 heterocycles. The topological polar surface area (TPSA) is 26.0 Å². The Morgan fingerprint density at radius 3 is 1.83 bits per heavy atom. The second-order valence-corrected chi connectivity index (χ2v) is 2.61. The molecule has 0 saturated heterocycles. The summed E-state index contributed by atoms with van der Waals surface area (Å²) < 4.78 is 38.1. The van der Waals surface area contributed by atoms with Crippen LogP contribution in [0.3, 0.4) is 0 Å². The lowest BCUT2D eigenvalue weighted by Crippen LogP contribution is -2.04. The molecule has 1 nitrogen and oxygen atoms in total. The molecule has 0 aliphatic rings. The number of hydrogen-bond donors (Lipinski definition) is 1. The minimum atomic E-state index is -1.50. The third kappa shape index (κ3) is 1.03. The number of nitrogen functional groups attached to an aromatic ring is 1. The Morgan fingerprint density at radius 1 is 0.833 bits per heavy atom. The molecule has 0 aliphatic carbocycles. The van der Waals surface area contributed by atoms with Gasteiger partial charge >= 0.3 is 0 Å². The minimum Gasteiger partial charge on any atom is -0.396 e. The first-order chi connectivity index (χ1) is 5.46. The first kappa shape index (κ1) is 8.90. The van der Waals surface area contributed by atoms with E-state index in [1.165, 1.54) is 13.8 Å². The average molecular weight is 175 g/mol. The van der Waals surface area contributed by atoms with Gasteiger partial charge in [0.1, 0.15) is 0 Å². The van der Waals surface area contributed by atoms with Gasteiger partial charge in [0, 0.05) is 0 Å². The fraction of sp³-hybridized carbons (Fsp3) is 0.250. The van der Waals surface area contributed by atoms with Crippen LogP contribution in [-0.2, 0) is 0 Å². The molecule has 0 radical (unpaired) electrons. The van der Waals surface area contributed by atoms with Crippen molar-refractivity contribution in [2.75, 3.05) is 5.73 Å². The molecular formula is C8H8F3N. The van der Waals surface area contributed by atoms with Crippen LogP contribution >= 0.6 is 0 Å². The monoisotopic (exact) mass is 175 g/mol. The van der Waals surface area contributed by atoms with Gasteiger partial charge in [-0.3, -0.25) is 0 Å². The van der Waals surface area contributed by atoms with Crippen LogP contribution in [0.15, 0.2) is 0 Å². The van der Waals surface area contributed by atoms with Crippen LogP contribution in [0.25, 0.3) is 0 Å². The highest BCUT2D eigenvalue weighted by Gasteiger charge is 2.17. The maximum absolute atomic E-state index is 12.8. The zero-order valence-electron chi connectivity index (χ0n) is 6.71. The SMILES string of the molecule is Cc1c(C)c(F)c(F)c(F)c1N. The predicted octanol–water partition coefficient (Wildman–Crippen LogP) is 2.30. The Bertz CT molecular complexity index is 229. The lowest BCUT2D eigenvalue weighted by molar-refractivity contribution is 0.445. The Kier molecular flexibility index (Phi) is 2.00. The van der Waals surface area contributed by atoms with E-state index >= 15 is 0 Å². The molecule has 4 heteroatoms. The molecule has 0 spiro atoms. The second kappa shape index (κ2) is 2.69. The van der Waals surface area contributed by atoms with Gasteiger partial charge in [0.15, 0.2) is 17.5 Å². The summed E-state index contributed by atoms with van der Waals surface area (Å²) in [6.45, 7) is 2.79. The Balaban J connectivity index is 3.60. The first-order valence-electron chi connectivity index (χ1n) is 3.36. The van der Waals surface area contributed by atoms with E-state index in [2.05, 4.69) is 0 Å². The van der Waals surface area contributed by atoms with Crippen molar-refractivity contribution in [3.8, 4) is 0 Å². The highest BCUT2D eigenvalue weighted by atomic mass is 19.2. The van der Waals surface area contributed by atoms with E-state index in [4.69, 9.17) is 5.73 Å². The molecule has 12 heavy (non-hydrogen) atoms. The summed E-state index contributed by atoms with van der Waals surface area (Å²) in [5.41, 5.74) is 5.13. The summed E-state index contributed by atoms with van der Waals surface area (Å²) in [7, 11) is 0. The smallest absolute Gasteiger partial charge is 0.196 e. The zero-order valence-corrected chi connectivity index (χ0v) is 6.71. The molecule has 1 rings (SSSR count). The van der Waals surface area contributed by atoms with Crippen LogP contribution in [0, 0.1) is 31.3 Å². The van der Waals surface area contributed by atoms with Crippen LogP contribution in [-0.4, -0.2) is 0 Å². The van der Waals surface area contributed by atoms with Crippen molar-refractivity contribution in [2.24, 2.45) is 0 Å². The Labute approximate surface area is 68.0 Å². The molecule has 2 N–H and O–H groups in total. The summed E-state index contributed by atoms with van der Waals surface area (Å²) in [5.74, 6) is -3.98. The fourth-order valence-corrected chi connectivity index (χ4v) is 0.910. The molecule has 1 aromatic rings. The van der Waals surface area contributed by atoms with Gasteiger partial charge in [0.2, 0.25) is 0 Å². The minimum absolute atomic E-state index is 0.0476. The number of anilines is 1. The molecule has 1 aromatic carbocycles. The molecule has 0 amide bonds. The molecule has 66 valence electrons. The Hall–Kier alpha value is -1.19. The molecule has 0 fully saturated rings. The largest absolute Gasteiger partial charge is 0.396 e. The van der Waals surface area contributed by atoms with E-state index in [-0.39, 0.29) is 16.8 Å². The number of halogens is 3. The van der Waals surface area contributed by atoms with Gasteiger partial charge < -0.3 is 5.73 Å². The predicted molar refractivity (Wildman–Crippen MR) is 40.2 cm³/mol. The maximum atomic E-state index is 12.8. The van der Waals surface area contributed by atoms with Gasteiger partial charge in [-0.15, -0.1) is 0 Å². The van der Waals surface area contributed by atoms with Crippen LogP contribution in [0.5, 0.6) is 0 Å². The third-order valence-corrected chi connectivity index (χ3v) is 1.92. The number of rotatable bonds is 0. The van der Waals surface area contributed by atoms with Crippen molar-refractivity contribution in [1.82, 2.24) is 0 Å². The van der Waals surface area contributed by atoms with Crippen molar-refractivity contribution in [1.29, 1.82) is 0 Å². The van der Waals surface area contributed by atoms with Crippen LogP contribution in [0.2, 0.25) is 0 Å². The molecule has 0 unspecified atom stereocenters. The quantitative estimate of drug-likeness (QED) is 0.475. The van der Waals surface area contributed by atoms with Gasteiger partial charge in [-0.25, -0.2) is 13.2 Å². The molecule has 0 atom stereocenters. The number of benzene rings is 1. The lowest BCUT2D eigenvalue weighted by atomic mass is 10.1. The molecular weight excluding hydrogens is 167 g/mol. The zero-order chi connectivity index (χ0) is 9.46. The van der Waals surface area contributed by atoms with E-state index in [1.807, 2.05) is 0 Å². The summed E-state index contributed by atoms with van der Waals surface area (Å²) in [4.78, 5) is 0. The Morgan fingerprint density at radius 2 is 1.33 bits per heavy atom. The van der Waals surface area contributed by atoms with Gasteiger partial charge in [0.25, 0.3) is 0 Å². The molecule has 0 aliphatic heterocycles.